The molecule has 11 aromatic rings. The van der Waals surface area contributed by atoms with E-state index in [9.17, 15) is 0 Å². The van der Waals surface area contributed by atoms with Crippen LogP contribution < -0.4 is 30.2 Å². The van der Waals surface area contributed by atoms with E-state index in [1.54, 1.807) is 0 Å². The Labute approximate surface area is 394 Å². The Morgan fingerprint density at radius 2 is 1.16 bits per heavy atom. The van der Waals surface area contributed by atoms with Gasteiger partial charge in [-0.3, -0.25) is 0 Å². The quantitative estimate of drug-likeness (QED) is 0.161. The second-order valence-electron chi connectivity index (χ2n) is 19.4. The van der Waals surface area contributed by atoms with Gasteiger partial charge in [-0.15, -0.1) is 0 Å². The lowest BCUT2D eigenvalue weighted by Gasteiger charge is -2.42. The van der Waals surface area contributed by atoms with Gasteiger partial charge < -0.3 is 28.2 Å². The molecule has 0 saturated heterocycles. The molecule has 5 heterocycles. The monoisotopic (exact) mass is 877 g/mol. The van der Waals surface area contributed by atoms with Gasteiger partial charge >= 0.3 is 6.85 Å². The molecule has 0 radical (unpaired) electrons. The number of ether oxygens (including phenoxy) is 2. The largest absolute Gasteiger partial charge is 0.450 e. The van der Waals surface area contributed by atoms with Crippen LogP contribution in [0.25, 0.3) is 55.2 Å². The van der Waals surface area contributed by atoms with Gasteiger partial charge in [0.25, 0.3) is 0 Å². The van der Waals surface area contributed by atoms with Crippen LogP contribution in [0.5, 0.6) is 23.0 Å². The van der Waals surface area contributed by atoms with Crippen molar-refractivity contribution in [3.63, 3.8) is 0 Å². The van der Waals surface area contributed by atoms with E-state index in [-0.39, 0.29) is 12.3 Å². The second-order valence-corrected chi connectivity index (χ2v) is 19.4. The molecule has 0 aliphatic carbocycles. The maximum atomic E-state index is 7.21. The number of benzene rings is 9. The van der Waals surface area contributed by atoms with Crippen LogP contribution in [-0.2, 0) is 5.41 Å². The third-order valence-electron chi connectivity index (χ3n) is 14.2. The molecule has 0 bridgehead atoms. The molecule has 7 heteroatoms. The first kappa shape index (κ1) is 38.8. The van der Waals surface area contributed by atoms with Crippen LogP contribution in [0.2, 0.25) is 0 Å². The van der Waals surface area contributed by atoms with Gasteiger partial charge in [0.2, 0.25) is 0 Å². The van der Waals surface area contributed by atoms with Gasteiger partial charge in [-0.25, -0.2) is 0 Å². The number of aromatic nitrogens is 1. The number of hydrogen-bond acceptors (Lipinski definition) is 5. The lowest BCUT2D eigenvalue weighted by atomic mass is 9.45. The van der Waals surface area contributed by atoms with E-state index in [0.29, 0.717) is 23.0 Å². The molecule has 3 aliphatic heterocycles. The van der Waals surface area contributed by atoms with Gasteiger partial charge in [0, 0.05) is 56.2 Å². The summed E-state index contributed by atoms with van der Waals surface area (Å²) >= 11 is 0. The lowest BCUT2D eigenvalue weighted by Crippen LogP contribution is -2.56. The summed E-state index contributed by atoms with van der Waals surface area (Å²) in [6.07, 6.45) is 0. The maximum absolute atomic E-state index is 7.21. The summed E-state index contributed by atoms with van der Waals surface area (Å²) in [5, 5.41) is 3.31. The molecule has 0 N–H and O–H groups in total. The molecule has 0 unspecified atom stereocenters. The molecule has 0 fully saturated rings. The van der Waals surface area contributed by atoms with Gasteiger partial charge in [0.15, 0.2) is 28.7 Å². The zero-order valence-electron chi connectivity index (χ0n) is 38.1. The standard InChI is InChI=1S/C61H44BN3O3/c1-37-32-45-42-29-31-48(63(40-20-10-6-11-21-40)41-22-12-7-13-23-41)57-56-43-24-14-15-25-51(43)68-60(56)65(59(42)57)62-46-35-54-55(67-53-27-17-16-26-52(53)66-54)36-49(46)64(50(33-37)58(45)62)47-30-28-39(61(2,3)4)34-44(47)38-18-8-5-9-19-38/h5-36H,1-4H3. The van der Waals surface area contributed by atoms with Crippen molar-refractivity contribution in [3.05, 3.63) is 205 Å². The molecule has 9 aromatic carbocycles. The van der Waals surface area contributed by atoms with Crippen molar-refractivity contribution in [2.45, 2.75) is 33.1 Å². The van der Waals surface area contributed by atoms with Crippen molar-refractivity contribution in [1.82, 2.24) is 4.48 Å². The Bertz CT molecular complexity index is 3830. The predicted molar refractivity (Wildman–Crippen MR) is 280 cm³/mol. The average molecular weight is 878 g/mol. The van der Waals surface area contributed by atoms with Crippen LogP contribution in [0, 0.1) is 6.92 Å². The molecule has 2 aromatic heterocycles. The molecule has 0 spiro atoms. The van der Waals surface area contributed by atoms with Gasteiger partial charge in [0.1, 0.15) is 5.58 Å². The van der Waals surface area contributed by atoms with Crippen LogP contribution in [0.15, 0.2) is 199 Å². The summed E-state index contributed by atoms with van der Waals surface area (Å²) in [6.45, 7) is 8.78. The minimum Gasteiger partial charge on any atom is -0.450 e. The molecule has 14 rings (SSSR count). The number of fused-ring (bicyclic) bond motifs is 11. The first-order chi connectivity index (χ1) is 33.3. The number of nitrogens with zero attached hydrogens (tertiary/aromatic N) is 3. The van der Waals surface area contributed by atoms with Gasteiger partial charge in [-0.1, -0.05) is 136 Å². The number of hydrogen-bond donors (Lipinski definition) is 0. The van der Waals surface area contributed by atoms with Crippen molar-refractivity contribution >= 4 is 84.9 Å². The van der Waals surface area contributed by atoms with E-state index in [1.165, 1.54) is 22.2 Å². The highest BCUT2D eigenvalue weighted by atomic mass is 16.6. The minimum atomic E-state index is -0.308. The lowest BCUT2D eigenvalue weighted by molar-refractivity contribution is 0.360. The topological polar surface area (TPSA) is 43.0 Å². The molecule has 3 aliphatic rings. The van der Waals surface area contributed by atoms with Crippen molar-refractivity contribution in [2.75, 3.05) is 9.80 Å². The zero-order chi connectivity index (χ0) is 45.4. The summed E-state index contributed by atoms with van der Waals surface area (Å²) < 4.78 is 23.3. The fourth-order valence-corrected chi connectivity index (χ4v) is 11.2. The third kappa shape index (κ3) is 5.59. The summed E-state index contributed by atoms with van der Waals surface area (Å²) in [7, 11) is 0. The van der Waals surface area contributed by atoms with Crippen LogP contribution in [-0.4, -0.2) is 11.3 Å². The van der Waals surface area contributed by atoms with Crippen molar-refractivity contribution in [2.24, 2.45) is 0 Å². The first-order valence-corrected chi connectivity index (χ1v) is 23.4. The first-order valence-electron chi connectivity index (χ1n) is 23.4. The molecule has 0 amide bonds. The normalized spacial score (nSPS) is 13.2. The fraction of sp³-hybridized carbons (Fsp3) is 0.0820. The summed E-state index contributed by atoms with van der Waals surface area (Å²) in [4.78, 5) is 4.88. The highest BCUT2D eigenvalue weighted by molar-refractivity contribution is 6.90. The number of para-hydroxylation sites is 5. The van der Waals surface area contributed by atoms with Crippen LogP contribution in [0.1, 0.15) is 31.9 Å². The molecule has 0 atom stereocenters. The zero-order valence-corrected chi connectivity index (χ0v) is 38.1. The van der Waals surface area contributed by atoms with E-state index >= 15 is 0 Å². The fourth-order valence-electron chi connectivity index (χ4n) is 11.2. The van der Waals surface area contributed by atoms with Crippen molar-refractivity contribution in [1.29, 1.82) is 0 Å². The van der Waals surface area contributed by atoms with Crippen molar-refractivity contribution in [3.8, 4) is 45.3 Å². The highest BCUT2D eigenvalue weighted by Gasteiger charge is 2.46. The molecule has 324 valence electrons. The molecule has 0 saturated carbocycles. The van der Waals surface area contributed by atoms with Gasteiger partial charge in [-0.2, -0.15) is 0 Å². The summed E-state index contributed by atoms with van der Waals surface area (Å²) in [6, 6.07) is 69.5. The van der Waals surface area contributed by atoms with E-state index in [2.05, 4.69) is 212 Å². The highest BCUT2D eigenvalue weighted by Crippen LogP contribution is 2.55. The van der Waals surface area contributed by atoms with Gasteiger partial charge in [0.05, 0.1) is 16.8 Å². The Balaban J connectivity index is 1.12. The van der Waals surface area contributed by atoms with Crippen LogP contribution in [0.4, 0.5) is 34.1 Å². The number of aryl methyl sites for hydroxylation is 1. The molecular weight excluding hydrogens is 834 g/mol. The Morgan fingerprint density at radius 1 is 0.515 bits per heavy atom. The third-order valence-corrected chi connectivity index (χ3v) is 14.2. The molecule has 68 heavy (non-hydrogen) atoms. The van der Waals surface area contributed by atoms with E-state index in [4.69, 9.17) is 13.9 Å². The predicted octanol–water partition coefficient (Wildman–Crippen LogP) is 15.6. The number of anilines is 6. The van der Waals surface area contributed by atoms with Crippen LogP contribution in [0.3, 0.4) is 0 Å². The van der Waals surface area contributed by atoms with E-state index < -0.39 is 0 Å². The van der Waals surface area contributed by atoms with Crippen molar-refractivity contribution < 1.29 is 13.9 Å². The second kappa shape index (κ2) is 14.3. The average Bonchev–Trinajstić information content (AvgIpc) is 3.90. The maximum Gasteiger partial charge on any atom is 0.336 e. The minimum absolute atomic E-state index is 0.0655. The number of rotatable bonds is 5. The van der Waals surface area contributed by atoms with Crippen LogP contribution >= 0.6 is 0 Å². The Morgan fingerprint density at radius 3 is 1.87 bits per heavy atom. The van der Waals surface area contributed by atoms with E-state index in [1.807, 2.05) is 24.3 Å². The molecular formula is C61H44BN3O3. The Kier molecular flexibility index (Phi) is 8.16. The molecule has 6 nitrogen and oxygen atoms in total. The number of furan rings is 1. The summed E-state index contributed by atoms with van der Waals surface area (Å²) in [5.41, 5.74) is 18.6. The summed E-state index contributed by atoms with van der Waals surface area (Å²) in [5.74, 6) is 2.73. The van der Waals surface area contributed by atoms with E-state index in [0.717, 1.165) is 89.2 Å². The Hall–Kier alpha value is -8.42. The SMILES string of the molecule is Cc1cc2c3c(c1)N(c1ccc(C(C)(C)C)cc1-c1ccccc1)c1cc4c(cc1B3n1c3oc5ccccc5c3c3c(N(c5ccccc5)c5ccccc5)ccc-2c31)Oc1ccccc1O4. The van der Waals surface area contributed by atoms with Gasteiger partial charge in [-0.05, 0) is 118 Å². The smallest absolute Gasteiger partial charge is 0.336 e.